The number of carbonyl (C=O) groups excluding carboxylic acids is 2. The molecule has 0 saturated heterocycles. The molecule has 25 heavy (non-hydrogen) atoms. The molecule has 6 heteroatoms. The van der Waals surface area contributed by atoms with Crippen LogP contribution in [0.15, 0.2) is 48.5 Å². The van der Waals surface area contributed by atoms with E-state index in [9.17, 15) is 14.0 Å². The summed E-state index contributed by atoms with van der Waals surface area (Å²) in [6.07, 6.45) is 1.24. The predicted octanol–water partition coefficient (Wildman–Crippen LogP) is 4.37. The van der Waals surface area contributed by atoms with Crippen LogP contribution in [0.1, 0.15) is 18.1 Å². The van der Waals surface area contributed by atoms with Crippen molar-refractivity contribution in [3.63, 3.8) is 0 Å². The Morgan fingerprint density at radius 3 is 2.60 bits per heavy atom. The van der Waals surface area contributed by atoms with E-state index in [1.54, 1.807) is 12.1 Å². The molecular weight excluding hydrogens is 345 g/mol. The van der Waals surface area contributed by atoms with Gasteiger partial charge in [-0.05, 0) is 43.7 Å². The van der Waals surface area contributed by atoms with Crippen LogP contribution in [0, 0.1) is 12.7 Å². The molecule has 0 aliphatic heterocycles. The van der Waals surface area contributed by atoms with Crippen molar-refractivity contribution in [2.45, 2.75) is 20.0 Å². The van der Waals surface area contributed by atoms with E-state index in [2.05, 4.69) is 5.32 Å². The first-order chi connectivity index (χ1) is 11.9. The van der Waals surface area contributed by atoms with E-state index in [0.717, 1.165) is 11.6 Å². The number of rotatable bonds is 5. The number of aryl methyl sites for hydroxylation is 1. The van der Waals surface area contributed by atoms with Crippen LogP contribution in [0.25, 0.3) is 6.08 Å². The van der Waals surface area contributed by atoms with Crippen molar-refractivity contribution in [1.29, 1.82) is 0 Å². The van der Waals surface area contributed by atoms with Gasteiger partial charge in [-0.1, -0.05) is 35.9 Å². The molecule has 0 heterocycles. The lowest BCUT2D eigenvalue weighted by molar-refractivity contribution is -0.148. The van der Waals surface area contributed by atoms with E-state index in [4.69, 9.17) is 16.3 Å². The van der Waals surface area contributed by atoms with Gasteiger partial charge in [0.25, 0.3) is 5.91 Å². The molecule has 0 fully saturated rings. The van der Waals surface area contributed by atoms with Gasteiger partial charge in [0.15, 0.2) is 6.10 Å². The van der Waals surface area contributed by atoms with Crippen LogP contribution >= 0.6 is 11.6 Å². The van der Waals surface area contributed by atoms with E-state index < -0.39 is 23.8 Å². The standard InChI is InChI=1S/C19H17ClFNO3/c1-12-6-3-4-9-17(12)22-19(24)13(2)25-18(23)11-10-14-15(20)7-5-8-16(14)21/h3-11,13H,1-2H3,(H,22,24)/b11-10+. The number of amides is 1. The highest BCUT2D eigenvalue weighted by Crippen LogP contribution is 2.20. The second-order valence-corrected chi connectivity index (χ2v) is 5.76. The summed E-state index contributed by atoms with van der Waals surface area (Å²) in [6, 6.07) is 11.5. The van der Waals surface area contributed by atoms with Crippen LogP contribution < -0.4 is 5.32 Å². The van der Waals surface area contributed by atoms with Crippen LogP contribution in [0.3, 0.4) is 0 Å². The van der Waals surface area contributed by atoms with Gasteiger partial charge < -0.3 is 10.1 Å². The molecule has 130 valence electrons. The Balaban J connectivity index is 1.97. The van der Waals surface area contributed by atoms with E-state index in [1.807, 2.05) is 19.1 Å². The molecule has 0 aliphatic rings. The molecule has 0 aliphatic carbocycles. The SMILES string of the molecule is Cc1ccccc1NC(=O)C(C)OC(=O)/C=C/c1c(F)cccc1Cl. The summed E-state index contributed by atoms with van der Waals surface area (Å²) < 4.78 is 18.6. The highest BCUT2D eigenvalue weighted by molar-refractivity contribution is 6.32. The number of esters is 1. The maximum Gasteiger partial charge on any atom is 0.331 e. The Morgan fingerprint density at radius 1 is 1.20 bits per heavy atom. The molecule has 1 amide bonds. The van der Waals surface area contributed by atoms with Gasteiger partial charge in [-0.15, -0.1) is 0 Å². The second kappa shape index (κ2) is 8.44. The van der Waals surface area contributed by atoms with E-state index >= 15 is 0 Å². The Bertz CT molecular complexity index is 800. The third kappa shape index (κ3) is 5.16. The Kier molecular flexibility index (Phi) is 6.31. The lowest BCUT2D eigenvalue weighted by Gasteiger charge is -2.13. The normalized spacial score (nSPS) is 12.0. The number of ether oxygens (including phenoxy) is 1. The third-order valence-electron chi connectivity index (χ3n) is 3.45. The fraction of sp³-hybridized carbons (Fsp3) is 0.158. The Labute approximate surface area is 150 Å². The number of anilines is 1. The summed E-state index contributed by atoms with van der Waals surface area (Å²) in [6.45, 7) is 3.31. The van der Waals surface area contributed by atoms with Gasteiger partial charge in [0, 0.05) is 17.3 Å². The molecule has 2 aromatic rings. The molecule has 2 rings (SSSR count). The van der Waals surface area contributed by atoms with E-state index in [1.165, 1.54) is 31.2 Å². The molecule has 2 aromatic carbocycles. The molecule has 0 saturated carbocycles. The molecular formula is C19H17ClFNO3. The van der Waals surface area contributed by atoms with Crippen LogP contribution in [-0.2, 0) is 14.3 Å². The summed E-state index contributed by atoms with van der Waals surface area (Å²) in [5, 5.41) is 2.86. The zero-order chi connectivity index (χ0) is 18.4. The monoisotopic (exact) mass is 361 g/mol. The van der Waals surface area contributed by atoms with Crippen LogP contribution in [0.4, 0.5) is 10.1 Å². The first-order valence-electron chi connectivity index (χ1n) is 7.57. The zero-order valence-electron chi connectivity index (χ0n) is 13.8. The first kappa shape index (κ1) is 18.7. The van der Waals surface area contributed by atoms with Gasteiger partial charge in [-0.2, -0.15) is 0 Å². The van der Waals surface area contributed by atoms with Crippen molar-refractivity contribution in [2.24, 2.45) is 0 Å². The van der Waals surface area contributed by atoms with Crippen LogP contribution in [0.5, 0.6) is 0 Å². The summed E-state index contributed by atoms with van der Waals surface area (Å²) in [7, 11) is 0. The van der Waals surface area contributed by atoms with Gasteiger partial charge in [0.05, 0.1) is 5.02 Å². The van der Waals surface area contributed by atoms with Crippen LogP contribution in [0.2, 0.25) is 5.02 Å². The molecule has 1 atom stereocenters. The zero-order valence-corrected chi connectivity index (χ0v) is 14.5. The van der Waals surface area contributed by atoms with Gasteiger partial charge in [0.2, 0.25) is 0 Å². The minimum absolute atomic E-state index is 0.0816. The lowest BCUT2D eigenvalue weighted by atomic mass is 10.2. The molecule has 1 N–H and O–H groups in total. The van der Waals surface area contributed by atoms with Gasteiger partial charge >= 0.3 is 5.97 Å². The first-order valence-corrected chi connectivity index (χ1v) is 7.95. The number of carbonyl (C=O) groups is 2. The summed E-state index contributed by atoms with van der Waals surface area (Å²) in [5.74, 6) is -1.78. The average Bonchev–Trinajstić information content (AvgIpc) is 2.56. The topological polar surface area (TPSA) is 55.4 Å². The number of para-hydroxylation sites is 1. The van der Waals surface area contributed by atoms with Crippen molar-refractivity contribution in [3.05, 3.63) is 70.5 Å². The third-order valence-corrected chi connectivity index (χ3v) is 3.78. The minimum atomic E-state index is -1.01. The predicted molar refractivity (Wildman–Crippen MR) is 95.8 cm³/mol. The Hall–Kier alpha value is -2.66. The van der Waals surface area contributed by atoms with E-state index in [0.29, 0.717) is 5.69 Å². The van der Waals surface area contributed by atoms with Crippen molar-refractivity contribution in [3.8, 4) is 0 Å². The van der Waals surface area contributed by atoms with Crippen molar-refractivity contribution in [1.82, 2.24) is 0 Å². The van der Waals surface area contributed by atoms with Gasteiger partial charge in [0.1, 0.15) is 5.82 Å². The largest absolute Gasteiger partial charge is 0.449 e. The second-order valence-electron chi connectivity index (χ2n) is 5.35. The van der Waals surface area contributed by atoms with Crippen molar-refractivity contribution >= 4 is 35.2 Å². The van der Waals surface area contributed by atoms with Crippen molar-refractivity contribution in [2.75, 3.05) is 5.32 Å². The molecule has 4 nitrogen and oxygen atoms in total. The number of halogens is 2. The summed E-state index contributed by atoms with van der Waals surface area (Å²) in [4.78, 5) is 23.9. The highest BCUT2D eigenvalue weighted by atomic mass is 35.5. The summed E-state index contributed by atoms with van der Waals surface area (Å²) in [5.41, 5.74) is 1.62. The maximum absolute atomic E-state index is 13.6. The number of benzene rings is 2. The molecule has 1 unspecified atom stereocenters. The maximum atomic E-state index is 13.6. The molecule has 0 radical (unpaired) electrons. The van der Waals surface area contributed by atoms with E-state index in [-0.39, 0.29) is 10.6 Å². The number of hydrogen-bond donors (Lipinski definition) is 1. The molecule has 0 aromatic heterocycles. The Morgan fingerprint density at radius 2 is 1.92 bits per heavy atom. The minimum Gasteiger partial charge on any atom is -0.449 e. The number of nitrogens with one attached hydrogen (secondary N) is 1. The van der Waals surface area contributed by atoms with Gasteiger partial charge in [-0.25, -0.2) is 9.18 Å². The molecule has 0 bridgehead atoms. The average molecular weight is 362 g/mol. The fourth-order valence-electron chi connectivity index (χ4n) is 2.04. The lowest BCUT2D eigenvalue weighted by Crippen LogP contribution is -2.29. The quantitative estimate of drug-likeness (QED) is 0.635. The van der Waals surface area contributed by atoms with Crippen molar-refractivity contribution < 1.29 is 18.7 Å². The molecule has 0 spiro atoms. The highest BCUT2D eigenvalue weighted by Gasteiger charge is 2.17. The summed E-state index contributed by atoms with van der Waals surface area (Å²) >= 11 is 5.87. The smallest absolute Gasteiger partial charge is 0.331 e. The number of hydrogen-bond acceptors (Lipinski definition) is 3. The van der Waals surface area contributed by atoms with Crippen LogP contribution in [-0.4, -0.2) is 18.0 Å². The fourth-order valence-corrected chi connectivity index (χ4v) is 2.26. The van der Waals surface area contributed by atoms with Gasteiger partial charge in [-0.3, -0.25) is 4.79 Å².